The molecule has 1 aliphatic rings. The van der Waals surface area contributed by atoms with E-state index in [0.717, 1.165) is 29.3 Å². The number of rotatable bonds is 3. The monoisotopic (exact) mass is 313 g/mol. The predicted octanol–water partition coefficient (Wildman–Crippen LogP) is 3.14. The van der Waals surface area contributed by atoms with Crippen molar-refractivity contribution in [2.24, 2.45) is 7.05 Å². The van der Waals surface area contributed by atoms with Crippen LogP contribution in [0.4, 0.5) is 5.82 Å². The normalized spacial score (nSPS) is 13.8. The van der Waals surface area contributed by atoms with Gasteiger partial charge in [0.15, 0.2) is 0 Å². The topological polar surface area (TPSA) is 55.6 Å². The zero-order chi connectivity index (χ0) is 15.3. The molecule has 1 aliphatic carbocycles. The summed E-state index contributed by atoms with van der Waals surface area (Å²) in [5.41, 5.74) is 4.99. The molecule has 0 amide bonds. The molecule has 0 aliphatic heterocycles. The van der Waals surface area contributed by atoms with Crippen molar-refractivity contribution >= 4 is 27.4 Å². The molecule has 1 N–H and O–H groups in total. The molecular weight excluding hydrogens is 294 g/mol. The van der Waals surface area contributed by atoms with Crippen LogP contribution in [0.25, 0.3) is 10.2 Å². The van der Waals surface area contributed by atoms with Gasteiger partial charge in [-0.1, -0.05) is 0 Å². The summed E-state index contributed by atoms with van der Waals surface area (Å²) in [5.74, 6) is 0.965. The molecule has 114 valence electrons. The molecule has 3 aromatic heterocycles. The van der Waals surface area contributed by atoms with Gasteiger partial charge in [0.1, 0.15) is 17.0 Å². The summed E-state index contributed by atoms with van der Waals surface area (Å²) in [6, 6.07) is 0. The fourth-order valence-electron chi connectivity index (χ4n) is 3.31. The van der Waals surface area contributed by atoms with Gasteiger partial charge in [-0.15, -0.1) is 11.3 Å². The van der Waals surface area contributed by atoms with E-state index in [1.165, 1.54) is 39.9 Å². The average molecular weight is 313 g/mol. The number of hydrogen-bond donors (Lipinski definition) is 1. The summed E-state index contributed by atoms with van der Waals surface area (Å²) in [4.78, 5) is 11.6. The molecule has 0 saturated carbocycles. The number of thiophene rings is 1. The smallest absolute Gasteiger partial charge is 0.138 e. The highest BCUT2D eigenvalue weighted by molar-refractivity contribution is 7.19. The number of anilines is 1. The van der Waals surface area contributed by atoms with Crippen LogP contribution in [0.5, 0.6) is 0 Å². The lowest BCUT2D eigenvalue weighted by Crippen LogP contribution is -2.05. The third kappa shape index (κ3) is 2.01. The summed E-state index contributed by atoms with van der Waals surface area (Å²) < 4.78 is 1.93. The SMILES string of the molecule is Cc1nn(C)c(C)c1CNc1ncnc2sc3c(c12)CCC3. The quantitative estimate of drug-likeness (QED) is 0.807. The van der Waals surface area contributed by atoms with Crippen LogP contribution in [-0.4, -0.2) is 19.7 Å². The third-order valence-corrected chi connectivity index (χ3v) is 5.79. The highest BCUT2D eigenvalue weighted by Gasteiger charge is 2.21. The Balaban J connectivity index is 1.70. The van der Waals surface area contributed by atoms with Crippen LogP contribution in [0.1, 0.15) is 33.8 Å². The van der Waals surface area contributed by atoms with Crippen LogP contribution >= 0.6 is 11.3 Å². The third-order valence-electron chi connectivity index (χ3n) is 4.59. The Kier molecular flexibility index (Phi) is 3.14. The van der Waals surface area contributed by atoms with E-state index in [1.807, 2.05) is 23.1 Å². The van der Waals surface area contributed by atoms with Crippen molar-refractivity contribution in [3.05, 3.63) is 33.7 Å². The Hall–Kier alpha value is -1.95. The van der Waals surface area contributed by atoms with E-state index in [1.54, 1.807) is 6.33 Å². The highest BCUT2D eigenvalue weighted by atomic mass is 32.1. The molecule has 0 bridgehead atoms. The first kappa shape index (κ1) is 13.7. The first-order valence-electron chi connectivity index (χ1n) is 7.63. The number of fused-ring (bicyclic) bond motifs is 3. The Bertz CT molecular complexity index is 861. The van der Waals surface area contributed by atoms with Gasteiger partial charge in [0.05, 0.1) is 11.1 Å². The van der Waals surface area contributed by atoms with Crippen molar-refractivity contribution < 1.29 is 0 Å². The molecule has 0 saturated heterocycles. The summed E-state index contributed by atoms with van der Waals surface area (Å²) in [6.45, 7) is 4.92. The zero-order valence-electron chi connectivity index (χ0n) is 13.1. The predicted molar refractivity (Wildman–Crippen MR) is 89.4 cm³/mol. The van der Waals surface area contributed by atoms with Gasteiger partial charge in [-0.25, -0.2) is 9.97 Å². The molecule has 5 nitrogen and oxygen atoms in total. The number of aryl methyl sites for hydroxylation is 4. The number of nitrogens with one attached hydrogen (secondary N) is 1. The van der Waals surface area contributed by atoms with E-state index >= 15 is 0 Å². The molecule has 22 heavy (non-hydrogen) atoms. The minimum Gasteiger partial charge on any atom is -0.365 e. The van der Waals surface area contributed by atoms with Gasteiger partial charge in [0, 0.05) is 29.7 Å². The molecule has 0 unspecified atom stereocenters. The first-order chi connectivity index (χ1) is 10.6. The lowest BCUT2D eigenvalue weighted by molar-refractivity contribution is 0.730. The largest absolute Gasteiger partial charge is 0.365 e. The minimum absolute atomic E-state index is 0.752. The van der Waals surface area contributed by atoms with E-state index in [0.29, 0.717) is 0 Å². The van der Waals surface area contributed by atoms with Crippen LogP contribution in [0, 0.1) is 13.8 Å². The second-order valence-electron chi connectivity index (χ2n) is 5.89. The van der Waals surface area contributed by atoms with Crippen molar-refractivity contribution in [1.29, 1.82) is 0 Å². The van der Waals surface area contributed by atoms with Crippen LogP contribution in [0.15, 0.2) is 6.33 Å². The van der Waals surface area contributed by atoms with Crippen molar-refractivity contribution in [2.45, 2.75) is 39.7 Å². The summed E-state index contributed by atoms with van der Waals surface area (Å²) in [7, 11) is 1.99. The van der Waals surface area contributed by atoms with Gasteiger partial charge < -0.3 is 5.32 Å². The molecule has 4 rings (SSSR count). The highest BCUT2D eigenvalue weighted by Crippen LogP contribution is 2.39. The van der Waals surface area contributed by atoms with Crippen molar-refractivity contribution in [1.82, 2.24) is 19.7 Å². The molecular formula is C16H19N5S. The van der Waals surface area contributed by atoms with Crippen LogP contribution in [0.2, 0.25) is 0 Å². The Morgan fingerprint density at radius 1 is 1.27 bits per heavy atom. The molecule has 0 fully saturated rings. The van der Waals surface area contributed by atoms with Crippen molar-refractivity contribution in [2.75, 3.05) is 5.32 Å². The molecule has 3 heterocycles. The fraction of sp³-hybridized carbons (Fsp3) is 0.438. The second kappa shape index (κ2) is 5.05. The van der Waals surface area contributed by atoms with Gasteiger partial charge in [0.2, 0.25) is 0 Å². The number of hydrogen-bond acceptors (Lipinski definition) is 5. The lowest BCUT2D eigenvalue weighted by atomic mass is 10.1. The Labute approximate surface area is 133 Å². The van der Waals surface area contributed by atoms with Gasteiger partial charge in [-0.2, -0.15) is 5.10 Å². The number of aromatic nitrogens is 4. The van der Waals surface area contributed by atoms with Crippen molar-refractivity contribution in [3.63, 3.8) is 0 Å². The molecule has 0 spiro atoms. The first-order valence-corrected chi connectivity index (χ1v) is 8.45. The van der Waals surface area contributed by atoms with Gasteiger partial charge >= 0.3 is 0 Å². The van der Waals surface area contributed by atoms with E-state index < -0.39 is 0 Å². The van der Waals surface area contributed by atoms with Crippen LogP contribution in [0.3, 0.4) is 0 Å². The van der Waals surface area contributed by atoms with Gasteiger partial charge in [0.25, 0.3) is 0 Å². The molecule has 6 heteroatoms. The second-order valence-corrected chi connectivity index (χ2v) is 6.97. The summed E-state index contributed by atoms with van der Waals surface area (Å²) >= 11 is 1.83. The fourth-order valence-corrected chi connectivity index (χ4v) is 4.54. The standard InChI is InChI=1S/C16H19N5S/c1-9-12(10(2)21(3)20-9)7-17-15-14-11-5-4-6-13(11)22-16(14)19-8-18-15/h8H,4-7H2,1-3H3,(H,17,18,19). The molecule has 3 aromatic rings. The average Bonchev–Trinajstić information content (AvgIpc) is 3.12. The van der Waals surface area contributed by atoms with Gasteiger partial charge in [-0.3, -0.25) is 4.68 Å². The minimum atomic E-state index is 0.752. The summed E-state index contributed by atoms with van der Waals surface area (Å²) in [6.07, 6.45) is 5.27. The zero-order valence-corrected chi connectivity index (χ0v) is 13.9. The van der Waals surface area contributed by atoms with E-state index in [-0.39, 0.29) is 0 Å². The van der Waals surface area contributed by atoms with Crippen LogP contribution < -0.4 is 5.32 Å². The molecule has 0 atom stereocenters. The number of nitrogens with zero attached hydrogens (tertiary/aromatic N) is 4. The maximum atomic E-state index is 4.50. The Morgan fingerprint density at radius 2 is 2.14 bits per heavy atom. The lowest BCUT2D eigenvalue weighted by Gasteiger charge is -2.08. The summed E-state index contributed by atoms with van der Waals surface area (Å²) in [5, 5.41) is 9.23. The van der Waals surface area contributed by atoms with Crippen LogP contribution in [-0.2, 0) is 26.4 Å². The molecule has 0 aromatic carbocycles. The van der Waals surface area contributed by atoms with Gasteiger partial charge in [-0.05, 0) is 38.7 Å². The van der Waals surface area contributed by atoms with E-state index in [2.05, 4.69) is 34.2 Å². The maximum absolute atomic E-state index is 4.50. The maximum Gasteiger partial charge on any atom is 0.138 e. The molecule has 0 radical (unpaired) electrons. The van der Waals surface area contributed by atoms with E-state index in [4.69, 9.17) is 0 Å². The van der Waals surface area contributed by atoms with Crippen molar-refractivity contribution in [3.8, 4) is 0 Å². The van der Waals surface area contributed by atoms with E-state index in [9.17, 15) is 0 Å². The Morgan fingerprint density at radius 3 is 2.91 bits per heavy atom.